The van der Waals surface area contributed by atoms with Crippen LogP contribution in [0.25, 0.3) is 0 Å². The van der Waals surface area contributed by atoms with E-state index < -0.39 is 10.0 Å². The summed E-state index contributed by atoms with van der Waals surface area (Å²) in [6.07, 6.45) is 1.61. The fourth-order valence-electron chi connectivity index (χ4n) is 1.39. The molecule has 0 aliphatic carbocycles. The summed E-state index contributed by atoms with van der Waals surface area (Å²) in [5, 5.41) is 0. The van der Waals surface area contributed by atoms with Crippen molar-refractivity contribution in [1.29, 1.82) is 0 Å². The van der Waals surface area contributed by atoms with Crippen molar-refractivity contribution in [2.24, 2.45) is 0 Å². The zero-order valence-electron chi connectivity index (χ0n) is 11.4. The maximum atomic E-state index is 12.2. The first-order chi connectivity index (χ1) is 8.90. The quantitative estimate of drug-likeness (QED) is 0.821. The molecule has 0 heterocycles. The zero-order valence-corrected chi connectivity index (χ0v) is 13.8. The maximum absolute atomic E-state index is 12.2. The number of nitrogens with one attached hydrogen (secondary N) is 1. The van der Waals surface area contributed by atoms with Crippen molar-refractivity contribution in [3.8, 4) is 5.75 Å². The van der Waals surface area contributed by atoms with E-state index in [9.17, 15) is 8.42 Å². The third kappa shape index (κ3) is 4.78. The van der Waals surface area contributed by atoms with Crippen LogP contribution in [0, 0.1) is 0 Å². The van der Waals surface area contributed by atoms with Gasteiger partial charge >= 0.3 is 0 Å². The van der Waals surface area contributed by atoms with Gasteiger partial charge in [0.2, 0.25) is 10.0 Å². The van der Waals surface area contributed by atoms with Gasteiger partial charge in [-0.1, -0.05) is 13.8 Å². The molecule has 1 N–H and O–H groups in total. The third-order valence-corrected chi connectivity index (χ3v) is 4.89. The van der Waals surface area contributed by atoms with E-state index in [1.165, 1.54) is 0 Å². The van der Waals surface area contributed by atoms with Gasteiger partial charge in [-0.15, -0.1) is 0 Å². The molecule has 0 aliphatic rings. The molecule has 1 aromatic rings. The predicted molar refractivity (Wildman–Crippen MR) is 80.0 cm³/mol. The molecule has 4 nitrogen and oxygen atoms in total. The molecule has 1 aromatic carbocycles. The summed E-state index contributed by atoms with van der Waals surface area (Å²) in [5.41, 5.74) is 0. The largest absolute Gasteiger partial charge is 0.492 e. The normalized spacial score (nSPS) is 13.3. The first kappa shape index (κ1) is 16.5. The Morgan fingerprint density at radius 3 is 2.63 bits per heavy atom. The Balaban J connectivity index is 3.00. The highest BCUT2D eigenvalue weighted by Gasteiger charge is 2.18. The Labute approximate surface area is 123 Å². The highest BCUT2D eigenvalue weighted by atomic mass is 79.9. The zero-order chi connectivity index (χ0) is 14.5. The molecule has 0 unspecified atom stereocenters. The fourth-order valence-corrected chi connectivity index (χ4v) is 3.09. The van der Waals surface area contributed by atoms with Crippen LogP contribution in [-0.2, 0) is 10.0 Å². The monoisotopic (exact) mass is 349 g/mol. The van der Waals surface area contributed by atoms with E-state index in [1.54, 1.807) is 18.2 Å². The van der Waals surface area contributed by atoms with Crippen molar-refractivity contribution in [3.63, 3.8) is 0 Å². The van der Waals surface area contributed by atoms with E-state index in [2.05, 4.69) is 20.7 Å². The molecule has 0 aromatic heterocycles. The lowest BCUT2D eigenvalue weighted by molar-refractivity contribution is 0.314. The number of halogens is 1. The number of ether oxygens (including phenoxy) is 1. The van der Waals surface area contributed by atoms with Gasteiger partial charge < -0.3 is 4.74 Å². The van der Waals surface area contributed by atoms with Crippen LogP contribution < -0.4 is 9.46 Å². The van der Waals surface area contributed by atoms with Crippen LogP contribution in [0.2, 0.25) is 0 Å². The van der Waals surface area contributed by atoms with E-state index in [1.807, 2.05) is 20.8 Å². The average molecular weight is 350 g/mol. The van der Waals surface area contributed by atoms with Crippen molar-refractivity contribution in [3.05, 3.63) is 22.7 Å². The van der Waals surface area contributed by atoms with Crippen molar-refractivity contribution in [1.82, 2.24) is 4.72 Å². The van der Waals surface area contributed by atoms with Gasteiger partial charge in [0.25, 0.3) is 0 Å². The third-order valence-electron chi connectivity index (χ3n) is 2.64. The van der Waals surface area contributed by atoms with Crippen LogP contribution in [0.4, 0.5) is 0 Å². The molecule has 108 valence electrons. The summed E-state index contributed by atoms with van der Waals surface area (Å²) in [4.78, 5) is 0.224. The molecule has 6 heteroatoms. The van der Waals surface area contributed by atoms with Gasteiger partial charge in [-0.3, -0.25) is 0 Å². The molecule has 1 atom stereocenters. The van der Waals surface area contributed by atoms with E-state index in [4.69, 9.17) is 4.74 Å². The highest BCUT2D eigenvalue weighted by Crippen LogP contribution is 2.28. The molecule has 0 amide bonds. The molecule has 0 bridgehead atoms. The number of sulfonamides is 1. The van der Waals surface area contributed by atoms with E-state index in [0.717, 1.165) is 17.3 Å². The highest BCUT2D eigenvalue weighted by molar-refractivity contribution is 9.10. The predicted octanol–water partition coefficient (Wildman–Crippen LogP) is 3.31. The Bertz CT molecular complexity index is 517. The van der Waals surface area contributed by atoms with Crippen LogP contribution >= 0.6 is 15.9 Å². The average Bonchev–Trinajstić information content (AvgIpc) is 2.36. The molecule has 0 spiro atoms. The fraction of sp³-hybridized carbons (Fsp3) is 0.538. The van der Waals surface area contributed by atoms with Gasteiger partial charge in [0.1, 0.15) is 5.75 Å². The number of hydrogen-bond donors (Lipinski definition) is 1. The topological polar surface area (TPSA) is 55.4 Å². The lowest BCUT2D eigenvalue weighted by atomic mass is 10.3. The Hall–Kier alpha value is -0.590. The number of benzene rings is 1. The molecule has 0 radical (unpaired) electrons. The molecule has 1 rings (SSSR count). The second kappa shape index (κ2) is 7.26. The van der Waals surface area contributed by atoms with E-state index in [-0.39, 0.29) is 10.9 Å². The van der Waals surface area contributed by atoms with Crippen LogP contribution in [0.1, 0.15) is 33.6 Å². The second-order valence-electron chi connectivity index (χ2n) is 4.37. The molecule has 0 fully saturated rings. The minimum absolute atomic E-state index is 0.0892. The van der Waals surface area contributed by atoms with E-state index in [0.29, 0.717) is 12.4 Å². The number of rotatable bonds is 7. The Morgan fingerprint density at radius 2 is 2.05 bits per heavy atom. The summed E-state index contributed by atoms with van der Waals surface area (Å²) >= 11 is 3.35. The summed E-state index contributed by atoms with van der Waals surface area (Å²) in [6.45, 7) is 6.33. The van der Waals surface area contributed by atoms with Crippen LogP contribution in [0.15, 0.2) is 27.6 Å². The molecule has 0 saturated heterocycles. The van der Waals surface area contributed by atoms with E-state index >= 15 is 0 Å². The van der Waals surface area contributed by atoms with Crippen LogP contribution in [0.3, 0.4) is 0 Å². The molecular weight excluding hydrogens is 330 g/mol. The SMILES string of the molecule is CCCOc1cc(S(=O)(=O)N[C@@H](C)CC)ccc1Br. The van der Waals surface area contributed by atoms with Gasteiger partial charge in [-0.05, 0) is 47.8 Å². The minimum atomic E-state index is -3.49. The van der Waals surface area contributed by atoms with Gasteiger partial charge in [0, 0.05) is 12.1 Å². The summed E-state index contributed by atoms with van der Waals surface area (Å²) in [5.74, 6) is 0.550. The molecule has 0 aliphatic heterocycles. The standard InChI is InChI=1S/C13H20BrNO3S/c1-4-8-18-13-9-11(6-7-12(13)14)19(16,17)15-10(3)5-2/h6-7,9-10,15H,4-5,8H2,1-3H3/t10-/m0/s1. The molecular formula is C13H20BrNO3S. The Kier molecular flexibility index (Phi) is 6.29. The smallest absolute Gasteiger partial charge is 0.240 e. The van der Waals surface area contributed by atoms with Crippen LogP contribution in [-0.4, -0.2) is 21.1 Å². The van der Waals surface area contributed by atoms with Gasteiger partial charge in [0.05, 0.1) is 16.0 Å². The van der Waals surface area contributed by atoms with Gasteiger partial charge in [-0.2, -0.15) is 0 Å². The lowest BCUT2D eigenvalue weighted by Gasteiger charge is -2.14. The van der Waals surface area contributed by atoms with Crippen molar-refractivity contribution in [2.45, 2.75) is 44.6 Å². The summed E-state index contributed by atoms with van der Waals surface area (Å²) in [7, 11) is -3.49. The molecule has 0 saturated carbocycles. The Morgan fingerprint density at radius 1 is 1.37 bits per heavy atom. The summed E-state index contributed by atoms with van der Waals surface area (Å²) in [6, 6.07) is 4.71. The first-order valence-electron chi connectivity index (χ1n) is 6.35. The second-order valence-corrected chi connectivity index (χ2v) is 6.94. The van der Waals surface area contributed by atoms with Gasteiger partial charge in [-0.25, -0.2) is 13.1 Å². The first-order valence-corrected chi connectivity index (χ1v) is 8.63. The van der Waals surface area contributed by atoms with Crippen LogP contribution in [0.5, 0.6) is 5.75 Å². The summed E-state index contributed by atoms with van der Waals surface area (Å²) < 4.78 is 33.2. The maximum Gasteiger partial charge on any atom is 0.240 e. The number of hydrogen-bond acceptors (Lipinski definition) is 3. The lowest BCUT2D eigenvalue weighted by Crippen LogP contribution is -2.32. The van der Waals surface area contributed by atoms with Crippen molar-refractivity contribution < 1.29 is 13.2 Å². The van der Waals surface area contributed by atoms with Gasteiger partial charge in [0.15, 0.2) is 0 Å². The minimum Gasteiger partial charge on any atom is -0.492 e. The molecule has 19 heavy (non-hydrogen) atoms. The van der Waals surface area contributed by atoms with Crippen molar-refractivity contribution >= 4 is 26.0 Å². The van der Waals surface area contributed by atoms with Crippen molar-refractivity contribution in [2.75, 3.05) is 6.61 Å².